The van der Waals surface area contributed by atoms with Gasteiger partial charge < -0.3 is 20.1 Å². The van der Waals surface area contributed by atoms with Gasteiger partial charge in [-0.1, -0.05) is 0 Å². The molecule has 2 saturated heterocycles. The largest absolute Gasteiger partial charge is 0.381 e. The SMILES string of the molecule is O=C(CC1CCCN1)NCCCOCC1CCOC1. The first-order valence-corrected chi connectivity index (χ1v) is 7.50. The normalized spacial score (nSPS) is 26.7. The third-order valence-corrected chi connectivity index (χ3v) is 3.76. The van der Waals surface area contributed by atoms with Crippen molar-refractivity contribution in [3.8, 4) is 0 Å². The summed E-state index contributed by atoms with van der Waals surface area (Å²) in [5, 5.41) is 6.29. The average Bonchev–Trinajstić information content (AvgIpc) is 3.06. The van der Waals surface area contributed by atoms with Crippen LogP contribution in [0.1, 0.15) is 32.1 Å². The van der Waals surface area contributed by atoms with Crippen molar-refractivity contribution in [2.75, 3.05) is 39.5 Å². The molecular formula is C14H26N2O3. The van der Waals surface area contributed by atoms with Crippen LogP contribution in [-0.2, 0) is 14.3 Å². The zero-order valence-corrected chi connectivity index (χ0v) is 11.7. The molecule has 2 unspecified atom stereocenters. The molecular weight excluding hydrogens is 244 g/mol. The summed E-state index contributed by atoms with van der Waals surface area (Å²) in [5.41, 5.74) is 0. The molecule has 5 nitrogen and oxygen atoms in total. The molecule has 2 aliphatic rings. The zero-order chi connectivity index (χ0) is 13.3. The van der Waals surface area contributed by atoms with Crippen LogP contribution < -0.4 is 10.6 Å². The molecule has 2 N–H and O–H groups in total. The Hall–Kier alpha value is -0.650. The van der Waals surface area contributed by atoms with Crippen LogP contribution in [0.5, 0.6) is 0 Å². The molecule has 0 aromatic heterocycles. The van der Waals surface area contributed by atoms with Crippen LogP contribution in [0.15, 0.2) is 0 Å². The first-order valence-electron chi connectivity index (χ1n) is 7.50. The molecule has 0 bridgehead atoms. The van der Waals surface area contributed by atoms with Crippen molar-refractivity contribution in [1.29, 1.82) is 0 Å². The van der Waals surface area contributed by atoms with Gasteiger partial charge in [-0.15, -0.1) is 0 Å². The molecule has 19 heavy (non-hydrogen) atoms. The summed E-state index contributed by atoms with van der Waals surface area (Å²) in [5.74, 6) is 0.728. The number of ether oxygens (including phenoxy) is 2. The van der Waals surface area contributed by atoms with Crippen LogP contribution in [0.2, 0.25) is 0 Å². The highest BCUT2D eigenvalue weighted by atomic mass is 16.5. The van der Waals surface area contributed by atoms with Gasteiger partial charge >= 0.3 is 0 Å². The molecule has 0 aromatic carbocycles. The van der Waals surface area contributed by atoms with Crippen molar-refractivity contribution < 1.29 is 14.3 Å². The summed E-state index contributed by atoms with van der Waals surface area (Å²) in [6, 6.07) is 0.388. The van der Waals surface area contributed by atoms with Crippen LogP contribution in [-0.4, -0.2) is 51.5 Å². The van der Waals surface area contributed by atoms with Crippen molar-refractivity contribution in [3.05, 3.63) is 0 Å². The molecule has 2 fully saturated rings. The smallest absolute Gasteiger partial charge is 0.221 e. The number of carbonyl (C=O) groups is 1. The Morgan fingerprint density at radius 1 is 1.42 bits per heavy atom. The molecule has 0 saturated carbocycles. The van der Waals surface area contributed by atoms with E-state index in [1.807, 2.05) is 0 Å². The number of carbonyl (C=O) groups excluding carboxylic acids is 1. The zero-order valence-electron chi connectivity index (χ0n) is 11.7. The lowest BCUT2D eigenvalue weighted by Crippen LogP contribution is -2.32. The summed E-state index contributed by atoms with van der Waals surface area (Å²) < 4.78 is 10.9. The van der Waals surface area contributed by atoms with E-state index in [1.54, 1.807) is 0 Å². The van der Waals surface area contributed by atoms with Gasteiger partial charge in [0.25, 0.3) is 0 Å². The summed E-state index contributed by atoms with van der Waals surface area (Å²) in [7, 11) is 0. The molecule has 2 aliphatic heterocycles. The van der Waals surface area contributed by atoms with Gasteiger partial charge in [-0.25, -0.2) is 0 Å². The van der Waals surface area contributed by atoms with Crippen LogP contribution in [0.25, 0.3) is 0 Å². The predicted octanol–water partition coefficient (Wildman–Crippen LogP) is 0.688. The summed E-state index contributed by atoms with van der Waals surface area (Å²) in [4.78, 5) is 11.6. The van der Waals surface area contributed by atoms with Gasteiger partial charge in [0, 0.05) is 38.1 Å². The van der Waals surface area contributed by atoms with E-state index in [4.69, 9.17) is 9.47 Å². The van der Waals surface area contributed by atoms with Crippen molar-refractivity contribution in [3.63, 3.8) is 0 Å². The minimum Gasteiger partial charge on any atom is -0.381 e. The minimum absolute atomic E-state index is 0.156. The number of nitrogens with one attached hydrogen (secondary N) is 2. The lowest BCUT2D eigenvalue weighted by Gasteiger charge is -2.11. The van der Waals surface area contributed by atoms with Crippen molar-refractivity contribution in [1.82, 2.24) is 10.6 Å². The van der Waals surface area contributed by atoms with E-state index in [2.05, 4.69) is 10.6 Å². The second-order valence-corrected chi connectivity index (χ2v) is 5.51. The van der Waals surface area contributed by atoms with Crippen LogP contribution in [0, 0.1) is 5.92 Å². The second kappa shape index (κ2) is 8.51. The Labute approximate surface area is 115 Å². The van der Waals surface area contributed by atoms with E-state index in [-0.39, 0.29) is 5.91 Å². The molecule has 2 atom stereocenters. The molecule has 5 heteroatoms. The van der Waals surface area contributed by atoms with Crippen molar-refractivity contribution in [2.24, 2.45) is 5.92 Å². The summed E-state index contributed by atoms with van der Waals surface area (Å²) in [6.07, 6.45) is 4.93. The number of rotatable bonds is 8. The predicted molar refractivity (Wildman–Crippen MR) is 73.0 cm³/mol. The Balaban J connectivity index is 1.39. The third-order valence-electron chi connectivity index (χ3n) is 3.76. The molecule has 110 valence electrons. The Morgan fingerprint density at radius 2 is 2.37 bits per heavy atom. The van der Waals surface area contributed by atoms with Crippen LogP contribution in [0.4, 0.5) is 0 Å². The molecule has 0 spiro atoms. The summed E-state index contributed by atoms with van der Waals surface area (Å²) >= 11 is 0. The van der Waals surface area contributed by atoms with Gasteiger partial charge in [0.15, 0.2) is 0 Å². The highest BCUT2D eigenvalue weighted by molar-refractivity contribution is 5.76. The number of hydrogen-bond donors (Lipinski definition) is 2. The van der Waals surface area contributed by atoms with Gasteiger partial charge in [0.1, 0.15) is 0 Å². The Bertz CT molecular complexity index is 261. The van der Waals surface area contributed by atoms with Gasteiger partial charge in [-0.3, -0.25) is 4.79 Å². The third kappa shape index (κ3) is 5.89. The monoisotopic (exact) mass is 270 g/mol. The van der Waals surface area contributed by atoms with E-state index in [1.165, 1.54) is 6.42 Å². The van der Waals surface area contributed by atoms with E-state index < -0.39 is 0 Å². The van der Waals surface area contributed by atoms with Gasteiger partial charge in [0.2, 0.25) is 5.91 Å². The second-order valence-electron chi connectivity index (χ2n) is 5.51. The lowest BCUT2D eigenvalue weighted by atomic mass is 10.1. The highest BCUT2D eigenvalue weighted by Crippen LogP contribution is 2.12. The molecule has 2 heterocycles. The topological polar surface area (TPSA) is 59.6 Å². The lowest BCUT2D eigenvalue weighted by molar-refractivity contribution is -0.121. The minimum atomic E-state index is 0.156. The number of amides is 1. The van der Waals surface area contributed by atoms with Gasteiger partial charge in [0.05, 0.1) is 13.2 Å². The molecule has 0 radical (unpaired) electrons. The van der Waals surface area contributed by atoms with Gasteiger partial charge in [-0.05, 0) is 32.2 Å². The maximum atomic E-state index is 11.6. The molecule has 2 rings (SSSR count). The quantitative estimate of drug-likeness (QED) is 0.637. The summed E-state index contributed by atoms with van der Waals surface area (Å²) in [6.45, 7) is 4.99. The van der Waals surface area contributed by atoms with E-state index in [0.29, 0.717) is 24.9 Å². The van der Waals surface area contributed by atoms with Crippen LogP contribution >= 0.6 is 0 Å². The number of hydrogen-bond acceptors (Lipinski definition) is 4. The first-order chi connectivity index (χ1) is 9.34. The van der Waals surface area contributed by atoms with E-state index >= 15 is 0 Å². The average molecular weight is 270 g/mol. The van der Waals surface area contributed by atoms with Crippen molar-refractivity contribution in [2.45, 2.75) is 38.1 Å². The Kier molecular flexibility index (Phi) is 6.61. The first kappa shape index (κ1) is 14.8. The fraction of sp³-hybridized carbons (Fsp3) is 0.929. The molecule has 0 aliphatic carbocycles. The Morgan fingerprint density at radius 3 is 3.11 bits per heavy atom. The fourth-order valence-electron chi connectivity index (χ4n) is 2.59. The maximum absolute atomic E-state index is 11.6. The highest BCUT2D eigenvalue weighted by Gasteiger charge is 2.17. The fourth-order valence-corrected chi connectivity index (χ4v) is 2.59. The van der Waals surface area contributed by atoms with E-state index in [0.717, 1.165) is 52.2 Å². The van der Waals surface area contributed by atoms with Gasteiger partial charge in [-0.2, -0.15) is 0 Å². The van der Waals surface area contributed by atoms with Crippen molar-refractivity contribution >= 4 is 5.91 Å². The molecule has 0 aromatic rings. The maximum Gasteiger partial charge on any atom is 0.221 e. The molecule has 1 amide bonds. The van der Waals surface area contributed by atoms with Crippen LogP contribution in [0.3, 0.4) is 0 Å². The van der Waals surface area contributed by atoms with E-state index in [9.17, 15) is 4.79 Å². The standard InChI is InChI=1S/C14H26N2O3/c17-14(9-13-3-1-5-15-13)16-6-2-7-18-10-12-4-8-19-11-12/h12-13,15H,1-11H2,(H,16,17).